The molecule has 5 nitrogen and oxygen atoms in total. The highest BCUT2D eigenvalue weighted by Gasteiger charge is 2.33. The van der Waals surface area contributed by atoms with Crippen LogP contribution in [0.5, 0.6) is 0 Å². The summed E-state index contributed by atoms with van der Waals surface area (Å²) >= 11 is 0. The normalized spacial score (nSPS) is 12.0. The van der Waals surface area contributed by atoms with Crippen molar-refractivity contribution in [3.05, 3.63) is 35.9 Å². The number of carboxylic acid groups (broad SMARTS) is 1. The van der Waals surface area contributed by atoms with Gasteiger partial charge < -0.3 is 5.11 Å². The lowest BCUT2D eigenvalue weighted by Crippen LogP contribution is -2.48. The van der Waals surface area contributed by atoms with Crippen LogP contribution in [0.25, 0.3) is 0 Å². The van der Waals surface area contributed by atoms with Gasteiger partial charge in [-0.05, 0) is 24.5 Å². The third-order valence-electron chi connectivity index (χ3n) is 2.87. The Bertz CT molecular complexity index is 496. The van der Waals surface area contributed by atoms with Crippen LogP contribution in [0.2, 0.25) is 0 Å². The second-order valence-corrected chi connectivity index (χ2v) is 5.04. The number of carboxylic acids is 1. The number of hydrogen-bond donors (Lipinski definition) is 1. The first kappa shape index (κ1) is 15.9. The summed E-state index contributed by atoms with van der Waals surface area (Å²) in [5, 5.41) is 9.29. The molecule has 0 heterocycles. The molecule has 0 spiro atoms. The molecule has 0 bridgehead atoms. The molecule has 2 amide bonds. The second kappa shape index (κ2) is 6.84. The Kier molecular flexibility index (Phi) is 5.43. The van der Waals surface area contributed by atoms with Crippen molar-refractivity contribution in [2.24, 2.45) is 5.92 Å². The fraction of sp³-hybridized carbons (Fsp3) is 0.400. The van der Waals surface area contributed by atoms with Crippen LogP contribution < -0.4 is 0 Å². The van der Waals surface area contributed by atoms with Crippen molar-refractivity contribution in [3.8, 4) is 0 Å². The quantitative estimate of drug-likeness (QED) is 0.895. The number of carbonyl (C=O) groups is 3. The average Bonchev–Trinajstić information content (AvgIpc) is 2.37. The van der Waals surface area contributed by atoms with E-state index in [1.165, 1.54) is 6.92 Å². The Morgan fingerprint density at radius 2 is 1.70 bits per heavy atom. The van der Waals surface area contributed by atoms with Gasteiger partial charge in [-0.15, -0.1) is 0 Å². The fourth-order valence-electron chi connectivity index (χ4n) is 1.99. The molecule has 0 radical (unpaired) electrons. The molecule has 20 heavy (non-hydrogen) atoms. The number of amides is 2. The van der Waals surface area contributed by atoms with Gasteiger partial charge in [-0.25, -0.2) is 4.79 Å². The van der Waals surface area contributed by atoms with Crippen LogP contribution in [0, 0.1) is 5.92 Å². The number of rotatable bonds is 5. The summed E-state index contributed by atoms with van der Waals surface area (Å²) in [5.41, 5.74) is 0.303. The van der Waals surface area contributed by atoms with Crippen molar-refractivity contribution in [3.63, 3.8) is 0 Å². The van der Waals surface area contributed by atoms with E-state index in [1.54, 1.807) is 30.3 Å². The molecule has 5 heteroatoms. The third kappa shape index (κ3) is 3.91. The van der Waals surface area contributed by atoms with E-state index in [9.17, 15) is 19.5 Å². The zero-order valence-corrected chi connectivity index (χ0v) is 11.9. The zero-order chi connectivity index (χ0) is 15.3. The lowest BCUT2D eigenvalue weighted by Gasteiger charge is -2.27. The molecule has 1 aromatic rings. The van der Waals surface area contributed by atoms with Crippen LogP contribution in [-0.2, 0) is 9.59 Å². The summed E-state index contributed by atoms with van der Waals surface area (Å²) in [6.45, 7) is 4.90. The summed E-state index contributed by atoms with van der Waals surface area (Å²) in [6.07, 6.45) is 0.230. The minimum absolute atomic E-state index is 0.0570. The molecule has 1 rings (SSSR count). The molecule has 0 aliphatic heterocycles. The molecule has 1 aromatic carbocycles. The van der Waals surface area contributed by atoms with E-state index in [1.807, 2.05) is 13.8 Å². The first-order valence-electron chi connectivity index (χ1n) is 6.46. The number of carbonyl (C=O) groups excluding carboxylic acids is 2. The lowest BCUT2D eigenvalue weighted by atomic mass is 10.0. The fourth-order valence-corrected chi connectivity index (χ4v) is 1.99. The lowest BCUT2D eigenvalue weighted by molar-refractivity contribution is -0.147. The summed E-state index contributed by atoms with van der Waals surface area (Å²) in [4.78, 5) is 36.3. The summed E-state index contributed by atoms with van der Waals surface area (Å²) in [5.74, 6) is -2.25. The maximum atomic E-state index is 12.4. The molecule has 0 aliphatic carbocycles. The smallest absolute Gasteiger partial charge is 0.326 e. The Hall–Kier alpha value is -2.17. The van der Waals surface area contributed by atoms with E-state index in [-0.39, 0.29) is 12.3 Å². The Morgan fingerprint density at radius 3 is 2.10 bits per heavy atom. The van der Waals surface area contributed by atoms with E-state index in [0.717, 1.165) is 4.90 Å². The van der Waals surface area contributed by atoms with Gasteiger partial charge in [-0.2, -0.15) is 0 Å². The first-order valence-corrected chi connectivity index (χ1v) is 6.46. The van der Waals surface area contributed by atoms with E-state index in [4.69, 9.17) is 0 Å². The Labute approximate surface area is 118 Å². The zero-order valence-electron chi connectivity index (χ0n) is 11.9. The van der Waals surface area contributed by atoms with Gasteiger partial charge >= 0.3 is 5.97 Å². The molecular formula is C15H19NO4. The average molecular weight is 277 g/mol. The number of nitrogens with zero attached hydrogens (tertiary/aromatic N) is 1. The van der Waals surface area contributed by atoms with Crippen LogP contribution in [0.1, 0.15) is 37.6 Å². The molecule has 0 saturated heterocycles. The molecule has 108 valence electrons. The van der Waals surface area contributed by atoms with Gasteiger partial charge in [0.2, 0.25) is 5.91 Å². The number of imide groups is 1. The molecule has 0 aliphatic rings. The van der Waals surface area contributed by atoms with Crippen LogP contribution in [-0.4, -0.2) is 33.8 Å². The maximum absolute atomic E-state index is 12.4. The highest BCUT2D eigenvalue weighted by Crippen LogP contribution is 2.16. The largest absolute Gasteiger partial charge is 0.480 e. The van der Waals surface area contributed by atoms with Crippen molar-refractivity contribution in [2.45, 2.75) is 33.2 Å². The summed E-state index contributed by atoms with van der Waals surface area (Å²) < 4.78 is 0. The number of aliphatic carboxylic acids is 1. The van der Waals surface area contributed by atoms with Gasteiger partial charge in [-0.1, -0.05) is 32.0 Å². The van der Waals surface area contributed by atoms with E-state index in [0.29, 0.717) is 5.56 Å². The van der Waals surface area contributed by atoms with E-state index in [2.05, 4.69) is 0 Å². The molecule has 1 unspecified atom stereocenters. The predicted octanol–water partition coefficient (Wildman–Crippen LogP) is 2.17. The highest BCUT2D eigenvalue weighted by atomic mass is 16.4. The minimum Gasteiger partial charge on any atom is -0.480 e. The Morgan fingerprint density at radius 1 is 1.15 bits per heavy atom. The predicted molar refractivity (Wildman–Crippen MR) is 74.2 cm³/mol. The summed E-state index contributed by atoms with van der Waals surface area (Å²) in [7, 11) is 0. The van der Waals surface area contributed by atoms with Crippen molar-refractivity contribution < 1.29 is 19.5 Å². The van der Waals surface area contributed by atoms with Crippen LogP contribution in [0.4, 0.5) is 0 Å². The monoisotopic (exact) mass is 277 g/mol. The molecule has 0 aromatic heterocycles. The topological polar surface area (TPSA) is 74.7 Å². The molecule has 1 N–H and O–H groups in total. The van der Waals surface area contributed by atoms with Crippen LogP contribution in [0.15, 0.2) is 30.3 Å². The molecule has 0 fully saturated rings. The Balaban J connectivity index is 3.12. The van der Waals surface area contributed by atoms with Crippen molar-refractivity contribution in [1.29, 1.82) is 0 Å². The second-order valence-electron chi connectivity index (χ2n) is 5.04. The SMILES string of the molecule is CC(=O)N(C(=O)c1ccccc1)C(CC(C)C)C(=O)O. The third-order valence-corrected chi connectivity index (χ3v) is 2.87. The summed E-state index contributed by atoms with van der Waals surface area (Å²) in [6, 6.07) is 7.07. The molecule has 0 saturated carbocycles. The van der Waals surface area contributed by atoms with Gasteiger partial charge in [0, 0.05) is 12.5 Å². The van der Waals surface area contributed by atoms with Crippen LogP contribution >= 0.6 is 0 Å². The highest BCUT2D eigenvalue weighted by molar-refractivity contribution is 6.06. The minimum atomic E-state index is -1.17. The van der Waals surface area contributed by atoms with Crippen LogP contribution in [0.3, 0.4) is 0 Å². The van der Waals surface area contributed by atoms with Gasteiger partial charge in [0.25, 0.3) is 5.91 Å². The van der Waals surface area contributed by atoms with Crippen molar-refractivity contribution in [2.75, 3.05) is 0 Å². The first-order chi connectivity index (χ1) is 9.34. The number of benzene rings is 1. The standard InChI is InChI=1S/C15H19NO4/c1-10(2)9-13(15(19)20)16(11(3)17)14(18)12-7-5-4-6-8-12/h4-8,10,13H,9H2,1-3H3,(H,19,20). The van der Waals surface area contributed by atoms with Crippen molar-refractivity contribution >= 4 is 17.8 Å². The van der Waals surface area contributed by atoms with Crippen molar-refractivity contribution in [1.82, 2.24) is 4.90 Å². The van der Waals surface area contributed by atoms with E-state index < -0.39 is 23.8 Å². The molecular weight excluding hydrogens is 258 g/mol. The van der Waals surface area contributed by atoms with Gasteiger partial charge in [0.1, 0.15) is 6.04 Å². The molecule has 1 atom stereocenters. The van der Waals surface area contributed by atoms with E-state index >= 15 is 0 Å². The maximum Gasteiger partial charge on any atom is 0.326 e. The van der Waals surface area contributed by atoms with Gasteiger partial charge in [0.15, 0.2) is 0 Å². The van der Waals surface area contributed by atoms with Gasteiger partial charge in [-0.3, -0.25) is 14.5 Å². The van der Waals surface area contributed by atoms with Gasteiger partial charge in [0.05, 0.1) is 0 Å². The number of hydrogen-bond acceptors (Lipinski definition) is 3.